The quantitative estimate of drug-likeness (QED) is 0.636. The maximum absolute atomic E-state index is 10.6. The van der Waals surface area contributed by atoms with Crippen molar-refractivity contribution in [3.63, 3.8) is 0 Å². The number of hydrogen-bond acceptors (Lipinski definition) is 3. The molecule has 0 aromatic carbocycles. The molecule has 15 heavy (non-hydrogen) atoms. The van der Waals surface area contributed by atoms with Gasteiger partial charge in [-0.25, -0.2) is 0 Å². The minimum atomic E-state index is -1.13. The molecular formula is C10H11N3O2. The Balaban J connectivity index is 2.32. The van der Waals surface area contributed by atoms with Crippen LogP contribution >= 0.6 is 0 Å². The van der Waals surface area contributed by atoms with Gasteiger partial charge in [0, 0.05) is 24.2 Å². The van der Waals surface area contributed by atoms with Gasteiger partial charge >= 0.3 is 0 Å². The monoisotopic (exact) mass is 205 g/mol. The van der Waals surface area contributed by atoms with E-state index in [0.29, 0.717) is 6.42 Å². The highest BCUT2D eigenvalue weighted by atomic mass is 16.4. The summed E-state index contributed by atoms with van der Waals surface area (Å²) in [5, 5.41) is 11.6. The van der Waals surface area contributed by atoms with Crippen LogP contribution in [0.25, 0.3) is 10.9 Å². The molecule has 0 amide bonds. The number of hydrogen-bond donors (Lipinski definition) is 2. The summed E-state index contributed by atoms with van der Waals surface area (Å²) in [5.74, 6) is -1.13. The van der Waals surface area contributed by atoms with Gasteiger partial charge in [-0.2, -0.15) is 0 Å². The number of carboxylic acid groups (broad SMARTS) is 1. The maximum atomic E-state index is 10.6. The first-order chi connectivity index (χ1) is 7.18. The number of nitrogens with one attached hydrogen (secondary N) is 1. The number of carboxylic acids is 1. The van der Waals surface area contributed by atoms with Gasteiger partial charge in [-0.15, -0.1) is 0 Å². The maximum Gasteiger partial charge on any atom is 0.129 e. The Bertz CT molecular complexity index is 492. The number of aromatic nitrogens is 2. The van der Waals surface area contributed by atoms with Crippen molar-refractivity contribution in [2.75, 3.05) is 0 Å². The average molecular weight is 205 g/mol. The first kappa shape index (κ1) is 9.67. The number of carbonyl (C=O) groups is 1. The zero-order valence-corrected chi connectivity index (χ0v) is 8.06. The molecule has 0 aliphatic rings. The van der Waals surface area contributed by atoms with Crippen LogP contribution in [0.1, 0.15) is 5.56 Å². The molecule has 0 saturated heterocycles. The number of fused-ring (bicyclic) bond motifs is 1. The van der Waals surface area contributed by atoms with Crippen LogP contribution in [-0.4, -0.2) is 22.0 Å². The van der Waals surface area contributed by atoms with Crippen LogP contribution in [-0.2, 0) is 11.2 Å². The van der Waals surface area contributed by atoms with Gasteiger partial charge < -0.3 is 20.6 Å². The van der Waals surface area contributed by atoms with Crippen molar-refractivity contribution >= 4 is 16.9 Å². The number of carbonyl (C=O) groups excluding carboxylic acids is 1. The molecule has 0 aliphatic heterocycles. The average Bonchev–Trinajstić information content (AvgIpc) is 2.62. The Kier molecular flexibility index (Phi) is 2.39. The topological polar surface area (TPSA) is 96.5 Å². The Morgan fingerprint density at radius 2 is 2.47 bits per heavy atom. The summed E-state index contributed by atoms with van der Waals surface area (Å²) in [4.78, 5) is 17.6. The van der Waals surface area contributed by atoms with Crippen LogP contribution in [0.15, 0.2) is 24.7 Å². The summed E-state index contributed by atoms with van der Waals surface area (Å²) in [6.45, 7) is 0. The summed E-state index contributed by atoms with van der Waals surface area (Å²) < 4.78 is 0. The van der Waals surface area contributed by atoms with Crippen LogP contribution in [0.2, 0.25) is 0 Å². The molecule has 5 nitrogen and oxygen atoms in total. The van der Waals surface area contributed by atoms with Gasteiger partial charge in [0.15, 0.2) is 0 Å². The molecule has 2 rings (SSSR count). The van der Waals surface area contributed by atoms with E-state index in [-0.39, 0.29) is 0 Å². The van der Waals surface area contributed by atoms with Crippen molar-refractivity contribution in [2.24, 2.45) is 0 Å². The highest BCUT2D eigenvalue weighted by Gasteiger charge is 2.11. The molecule has 0 unspecified atom stereocenters. The standard InChI is InChI=1S/C10H11N3O2/c11-8(10(14)15)3-6-4-13-9-5-12-2-1-7(6)9/h1-2,4-5,8,13H,3,11H2,(H,14,15)/t8-/m1/s1. The lowest BCUT2D eigenvalue weighted by Gasteiger charge is -2.07. The predicted octanol–water partition coefficient (Wildman–Crippen LogP) is -1.53. The van der Waals surface area contributed by atoms with Gasteiger partial charge in [0.25, 0.3) is 0 Å². The lowest BCUT2D eigenvalue weighted by atomic mass is 10.1. The first-order valence-electron chi connectivity index (χ1n) is 4.62. The molecule has 5 heteroatoms. The van der Waals surface area contributed by atoms with E-state index in [0.717, 1.165) is 16.5 Å². The number of quaternary nitrogens is 1. The fraction of sp³-hybridized carbons (Fsp3) is 0.200. The fourth-order valence-corrected chi connectivity index (χ4v) is 1.55. The van der Waals surface area contributed by atoms with E-state index >= 15 is 0 Å². The first-order valence-corrected chi connectivity index (χ1v) is 4.62. The molecule has 0 fully saturated rings. The minimum Gasteiger partial charge on any atom is -0.544 e. The Hall–Kier alpha value is -1.88. The van der Waals surface area contributed by atoms with Crippen molar-refractivity contribution in [3.8, 4) is 0 Å². The van der Waals surface area contributed by atoms with Gasteiger partial charge in [0.05, 0.1) is 17.7 Å². The molecule has 2 aromatic heterocycles. The highest BCUT2D eigenvalue weighted by molar-refractivity contribution is 5.83. The van der Waals surface area contributed by atoms with E-state index in [2.05, 4.69) is 15.7 Å². The Labute approximate surface area is 85.9 Å². The summed E-state index contributed by atoms with van der Waals surface area (Å²) in [6.07, 6.45) is 5.53. The van der Waals surface area contributed by atoms with Crippen molar-refractivity contribution in [1.29, 1.82) is 0 Å². The lowest BCUT2D eigenvalue weighted by Crippen LogP contribution is -2.69. The van der Waals surface area contributed by atoms with Crippen molar-refractivity contribution in [2.45, 2.75) is 12.5 Å². The molecular weight excluding hydrogens is 194 g/mol. The fourth-order valence-electron chi connectivity index (χ4n) is 1.55. The largest absolute Gasteiger partial charge is 0.544 e. The van der Waals surface area contributed by atoms with E-state index in [1.54, 1.807) is 18.6 Å². The summed E-state index contributed by atoms with van der Waals surface area (Å²) in [6, 6.07) is 1.13. The molecule has 2 heterocycles. The third kappa shape index (κ3) is 1.82. The van der Waals surface area contributed by atoms with Gasteiger partial charge in [-0.05, 0) is 11.6 Å². The van der Waals surface area contributed by atoms with E-state index < -0.39 is 12.0 Å². The smallest absolute Gasteiger partial charge is 0.129 e. The SMILES string of the molecule is [NH3+][C@H](Cc1c[nH]c2cnccc12)C(=O)[O-]. The summed E-state index contributed by atoms with van der Waals surface area (Å²) in [5.41, 5.74) is 5.36. The normalized spacial score (nSPS) is 12.9. The predicted molar refractivity (Wildman–Crippen MR) is 51.5 cm³/mol. The molecule has 0 spiro atoms. The Morgan fingerprint density at radius 1 is 1.67 bits per heavy atom. The number of nitrogens with zero attached hydrogens (tertiary/aromatic N) is 1. The number of H-pyrrole nitrogens is 1. The number of rotatable bonds is 3. The second kappa shape index (κ2) is 3.70. The van der Waals surface area contributed by atoms with Crippen LogP contribution in [0, 0.1) is 0 Å². The molecule has 1 atom stereocenters. The number of aliphatic carboxylic acids is 1. The van der Waals surface area contributed by atoms with E-state index in [4.69, 9.17) is 0 Å². The molecule has 4 N–H and O–H groups in total. The van der Waals surface area contributed by atoms with Gasteiger partial charge in [-0.1, -0.05) is 0 Å². The van der Waals surface area contributed by atoms with E-state index in [1.165, 1.54) is 0 Å². The second-order valence-corrected chi connectivity index (χ2v) is 3.46. The lowest BCUT2D eigenvalue weighted by molar-refractivity contribution is -0.436. The summed E-state index contributed by atoms with van der Waals surface area (Å²) in [7, 11) is 0. The van der Waals surface area contributed by atoms with Crippen LogP contribution in [0.3, 0.4) is 0 Å². The van der Waals surface area contributed by atoms with Crippen LogP contribution in [0.4, 0.5) is 0 Å². The third-order valence-corrected chi connectivity index (χ3v) is 2.37. The van der Waals surface area contributed by atoms with E-state index in [1.807, 2.05) is 6.07 Å². The van der Waals surface area contributed by atoms with Crippen LogP contribution < -0.4 is 10.8 Å². The molecule has 0 aliphatic carbocycles. The molecule has 0 bridgehead atoms. The Morgan fingerprint density at radius 3 is 3.20 bits per heavy atom. The number of aromatic amines is 1. The second-order valence-electron chi connectivity index (χ2n) is 3.46. The van der Waals surface area contributed by atoms with E-state index in [9.17, 15) is 9.90 Å². The molecule has 78 valence electrons. The third-order valence-electron chi connectivity index (χ3n) is 2.37. The van der Waals surface area contributed by atoms with Crippen molar-refractivity contribution in [1.82, 2.24) is 9.97 Å². The van der Waals surface area contributed by atoms with Gasteiger partial charge in [0.1, 0.15) is 6.04 Å². The molecule has 0 radical (unpaired) electrons. The van der Waals surface area contributed by atoms with Gasteiger partial charge in [0.2, 0.25) is 0 Å². The van der Waals surface area contributed by atoms with Gasteiger partial charge in [-0.3, -0.25) is 4.98 Å². The van der Waals surface area contributed by atoms with Crippen molar-refractivity contribution < 1.29 is 15.6 Å². The molecule has 2 aromatic rings. The number of pyridine rings is 1. The minimum absolute atomic E-state index is 0.367. The zero-order valence-electron chi connectivity index (χ0n) is 8.06. The highest BCUT2D eigenvalue weighted by Crippen LogP contribution is 2.17. The van der Waals surface area contributed by atoms with Crippen molar-refractivity contribution in [3.05, 3.63) is 30.2 Å². The summed E-state index contributed by atoms with van der Waals surface area (Å²) >= 11 is 0. The van der Waals surface area contributed by atoms with Crippen LogP contribution in [0.5, 0.6) is 0 Å². The molecule has 0 saturated carbocycles. The zero-order chi connectivity index (χ0) is 10.8.